The van der Waals surface area contributed by atoms with Gasteiger partial charge in [0.2, 0.25) is 5.91 Å². The zero-order chi connectivity index (χ0) is 22.8. The van der Waals surface area contributed by atoms with Crippen LogP contribution < -0.4 is 0 Å². The summed E-state index contributed by atoms with van der Waals surface area (Å²) in [6, 6.07) is 1.32. The molecule has 0 unspecified atom stereocenters. The minimum absolute atomic E-state index is 0.266. The molecule has 3 aromatic rings. The third kappa shape index (κ3) is 4.86. The van der Waals surface area contributed by atoms with Crippen molar-refractivity contribution in [2.45, 2.75) is 57.8 Å². The average Bonchev–Trinajstić information content (AvgIpc) is 3.24. The molecule has 2 aliphatic rings. The second kappa shape index (κ2) is 9.49. The van der Waals surface area contributed by atoms with Crippen molar-refractivity contribution in [3.8, 4) is 11.5 Å². The lowest BCUT2D eigenvalue weighted by atomic mass is 9.77. The first-order valence-electron chi connectivity index (χ1n) is 11.9. The van der Waals surface area contributed by atoms with Gasteiger partial charge in [0, 0.05) is 19.5 Å². The third-order valence-electron chi connectivity index (χ3n) is 6.96. The van der Waals surface area contributed by atoms with Gasteiger partial charge in [-0.25, -0.2) is 23.7 Å². The SMILES string of the molecule is O=C(C[C@@H]1CCC[C@H](Cc2nc(-c3[nH]nc4ncc(F)cc34)ncc2F)C1)N1CCCCC1. The molecule has 9 heteroatoms. The Balaban J connectivity index is 1.28. The first kappa shape index (κ1) is 21.9. The van der Waals surface area contributed by atoms with E-state index < -0.39 is 11.6 Å². The van der Waals surface area contributed by atoms with Crippen LogP contribution in [0.5, 0.6) is 0 Å². The van der Waals surface area contributed by atoms with E-state index in [2.05, 4.69) is 25.1 Å². The number of H-pyrrole nitrogens is 1. The van der Waals surface area contributed by atoms with Gasteiger partial charge in [-0.3, -0.25) is 9.89 Å². The van der Waals surface area contributed by atoms with Crippen molar-refractivity contribution in [3.63, 3.8) is 0 Å². The van der Waals surface area contributed by atoms with Crippen LogP contribution in [0.2, 0.25) is 0 Å². The van der Waals surface area contributed by atoms with Crippen LogP contribution in [0, 0.1) is 23.5 Å². The second-order valence-electron chi connectivity index (χ2n) is 9.36. The van der Waals surface area contributed by atoms with E-state index in [1.165, 1.54) is 12.5 Å². The predicted octanol–water partition coefficient (Wildman–Crippen LogP) is 4.44. The van der Waals surface area contributed by atoms with E-state index in [0.717, 1.165) is 64.0 Å². The maximum atomic E-state index is 14.6. The molecule has 1 saturated carbocycles. The van der Waals surface area contributed by atoms with Crippen LogP contribution in [0.4, 0.5) is 8.78 Å². The number of carbonyl (C=O) groups excluding carboxylic acids is 1. The molecule has 2 atom stereocenters. The Kier molecular flexibility index (Phi) is 6.28. The molecule has 174 valence electrons. The van der Waals surface area contributed by atoms with Gasteiger partial charge in [-0.05, 0) is 56.4 Å². The highest BCUT2D eigenvalue weighted by Gasteiger charge is 2.28. The average molecular weight is 455 g/mol. The molecular formula is C24H28F2N6O. The van der Waals surface area contributed by atoms with Crippen LogP contribution in [0.25, 0.3) is 22.6 Å². The summed E-state index contributed by atoms with van der Waals surface area (Å²) in [5.74, 6) is 0.218. The number of fused-ring (bicyclic) bond motifs is 1. The molecule has 1 aliphatic heterocycles. The van der Waals surface area contributed by atoms with Crippen molar-refractivity contribution in [1.29, 1.82) is 0 Å². The van der Waals surface area contributed by atoms with E-state index in [9.17, 15) is 13.6 Å². The first-order valence-corrected chi connectivity index (χ1v) is 11.9. The molecule has 4 heterocycles. The van der Waals surface area contributed by atoms with Crippen molar-refractivity contribution < 1.29 is 13.6 Å². The van der Waals surface area contributed by atoms with Gasteiger partial charge < -0.3 is 4.90 Å². The van der Waals surface area contributed by atoms with Gasteiger partial charge in [0.1, 0.15) is 11.5 Å². The normalized spacial score (nSPS) is 21.5. The molecule has 1 amide bonds. The van der Waals surface area contributed by atoms with E-state index in [4.69, 9.17) is 0 Å². The summed E-state index contributed by atoms with van der Waals surface area (Å²) in [6.07, 6.45) is 10.7. The number of rotatable bonds is 5. The number of pyridine rings is 1. The molecule has 7 nitrogen and oxygen atoms in total. The van der Waals surface area contributed by atoms with Crippen LogP contribution in [-0.2, 0) is 11.2 Å². The number of nitrogens with zero attached hydrogens (tertiary/aromatic N) is 5. The number of aromatic amines is 1. The van der Waals surface area contributed by atoms with E-state index in [0.29, 0.717) is 41.2 Å². The number of hydrogen-bond donors (Lipinski definition) is 1. The predicted molar refractivity (Wildman–Crippen MR) is 119 cm³/mol. The minimum atomic E-state index is -0.486. The molecule has 3 aromatic heterocycles. The lowest BCUT2D eigenvalue weighted by Crippen LogP contribution is -2.37. The maximum Gasteiger partial charge on any atom is 0.222 e. The summed E-state index contributed by atoms with van der Waals surface area (Å²) in [4.78, 5) is 27.2. The van der Waals surface area contributed by atoms with E-state index in [-0.39, 0.29) is 17.6 Å². The van der Waals surface area contributed by atoms with Crippen LogP contribution >= 0.6 is 0 Å². The van der Waals surface area contributed by atoms with Crippen LogP contribution in [0.1, 0.15) is 57.1 Å². The fourth-order valence-corrected chi connectivity index (χ4v) is 5.28. The smallest absolute Gasteiger partial charge is 0.222 e. The van der Waals surface area contributed by atoms with Gasteiger partial charge in [-0.1, -0.05) is 12.8 Å². The molecule has 0 radical (unpaired) electrons. The molecule has 5 rings (SSSR count). The molecule has 2 fully saturated rings. The van der Waals surface area contributed by atoms with Gasteiger partial charge in [0.05, 0.1) is 23.5 Å². The quantitative estimate of drug-likeness (QED) is 0.616. The Bertz CT molecular complexity index is 1140. The summed E-state index contributed by atoms with van der Waals surface area (Å²) in [6.45, 7) is 1.76. The van der Waals surface area contributed by atoms with Gasteiger partial charge >= 0.3 is 0 Å². The van der Waals surface area contributed by atoms with Gasteiger partial charge in [-0.2, -0.15) is 5.10 Å². The Morgan fingerprint density at radius 1 is 1.06 bits per heavy atom. The highest BCUT2D eigenvalue weighted by atomic mass is 19.1. The number of carbonyl (C=O) groups is 1. The highest BCUT2D eigenvalue weighted by molar-refractivity contribution is 5.88. The number of aromatic nitrogens is 5. The van der Waals surface area contributed by atoms with Crippen molar-refractivity contribution >= 4 is 16.9 Å². The Labute approximate surface area is 191 Å². The molecule has 0 spiro atoms. The van der Waals surface area contributed by atoms with Gasteiger partial charge in [0.25, 0.3) is 0 Å². The number of piperidine rings is 1. The van der Waals surface area contributed by atoms with Crippen molar-refractivity contribution in [2.24, 2.45) is 11.8 Å². The third-order valence-corrected chi connectivity index (χ3v) is 6.96. The number of hydrogen-bond acceptors (Lipinski definition) is 5. The van der Waals surface area contributed by atoms with Crippen LogP contribution in [-0.4, -0.2) is 49.0 Å². The molecule has 0 bridgehead atoms. The summed E-state index contributed by atoms with van der Waals surface area (Å²) in [5, 5.41) is 7.33. The van der Waals surface area contributed by atoms with E-state index >= 15 is 0 Å². The highest BCUT2D eigenvalue weighted by Crippen LogP contribution is 2.34. The van der Waals surface area contributed by atoms with Crippen molar-refractivity contribution in [2.75, 3.05) is 13.1 Å². The van der Waals surface area contributed by atoms with Gasteiger partial charge in [0.15, 0.2) is 17.3 Å². The summed E-state index contributed by atoms with van der Waals surface area (Å²) in [7, 11) is 0. The minimum Gasteiger partial charge on any atom is -0.343 e. The van der Waals surface area contributed by atoms with E-state index in [1.807, 2.05) is 4.90 Å². The zero-order valence-corrected chi connectivity index (χ0v) is 18.6. The number of likely N-dealkylation sites (tertiary alicyclic amines) is 1. The maximum absolute atomic E-state index is 14.6. The largest absolute Gasteiger partial charge is 0.343 e. The molecular weight excluding hydrogens is 426 g/mol. The van der Waals surface area contributed by atoms with Crippen LogP contribution in [0.15, 0.2) is 18.5 Å². The lowest BCUT2D eigenvalue weighted by Gasteiger charge is -2.32. The standard InChI is InChI=1S/C24H28F2N6O/c25-17-12-18-22(30-31-23(18)27-13-17)24-28-14-19(26)20(29-24)10-15-5-4-6-16(9-15)11-21(33)32-7-2-1-3-8-32/h12-16H,1-11H2,(H,27,30,31)/t15-,16+/m0/s1. The lowest BCUT2D eigenvalue weighted by molar-refractivity contribution is -0.133. The Morgan fingerprint density at radius 2 is 1.88 bits per heavy atom. The second-order valence-corrected chi connectivity index (χ2v) is 9.36. The molecule has 1 N–H and O–H groups in total. The summed E-state index contributed by atoms with van der Waals surface area (Å²) >= 11 is 0. The molecule has 33 heavy (non-hydrogen) atoms. The van der Waals surface area contributed by atoms with Crippen molar-refractivity contribution in [3.05, 3.63) is 35.8 Å². The molecule has 1 saturated heterocycles. The summed E-state index contributed by atoms with van der Waals surface area (Å²) in [5.41, 5.74) is 1.13. The summed E-state index contributed by atoms with van der Waals surface area (Å²) < 4.78 is 28.3. The fourth-order valence-electron chi connectivity index (χ4n) is 5.28. The van der Waals surface area contributed by atoms with Gasteiger partial charge in [-0.15, -0.1) is 0 Å². The first-order chi connectivity index (χ1) is 16.1. The topological polar surface area (TPSA) is 87.7 Å². The zero-order valence-electron chi connectivity index (χ0n) is 18.6. The molecule has 1 aliphatic carbocycles. The fraction of sp³-hybridized carbons (Fsp3) is 0.542. The monoisotopic (exact) mass is 454 g/mol. The molecule has 0 aromatic carbocycles. The number of amides is 1. The Morgan fingerprint density at radius 3 is 2.73 bits per heavy atom. The van der Waals surface area contributed by atoms with Crippen molar-refractivity contribution in [1.82, 2.24) is 30.0 Å². The van der Waals surface area contributed by atoms with Crippen LogP contribution in [0.3, 0.4) is 0 Å². The number of halogens is 2. The Hall–Kier alpha value is -2.97. The van der Waals surface area contributed by atoms with E-state index in [1.54, 1.807) is 0 Å². The number of nitrogens with one attached hydrogen (secondary N) is 1.